The van der Waals surface area contributed by atoms with E-state index in [4.69, 9.17) is 0 Å². The Labute approximate surface area is 176 Å². The number of amides is 1. The maximum absolute atomic E-state index is 14.2. The first kappa shape index (κ1) is 22.4. The standard InChI is InChI=1S/C22H26F2N2O3S/c1-15(2)13-25(14-18-6-7-19(23)12-21(18)24)30(28,29)20-8-9-22-17(11-20)5-4-10-26(22)16(3)27/h6-9,11-12,15H,4-5,10,13-14H2,1-3H3. The number of carbonyl (C=O) groups is 1. The zero-order valence-electron chi connectivity index (χ0n) is 17.4. The van der Waals surface area contributed by atoms with Crippen LogP contribution >= 0.6 is 0 Å². The lowest BCUT2D eigenvalue weighted by Crippen LogP contribution is -2.35. The Hall–Kier alpha value is -2.32. The fraction of sp³-hybridized carbons (Fsp3) is 0.409. The second-order valence-corrected chi connectivity index (χ2v) is 9.93. The van der Waals surface area contributed by atoms with Gasteiger partial charge in [-0.2, -0.15) is 4.31 Å². The van der Waals surface area contributed by atoms with E-state index in [0.29, 0.717) is 13.0 Å². The molecule has 1 aliphatic heterocycles. The lowest BCUT2D eigenvalue weighted by atomic mass is 10.0. The van der Waals surface area contributed by atoms with Gasteiger partial charge in [0.25, 0.3) is 0 Å². The molecular formula is C22H26F2N2O3S. The molecule has 0 fully saturated rings. The van der Waals surface area contributed by atoms with Gasteiger partial charge in [-0.15, -0.1) is 0 Å². The highest BCUT2D eigenvalue weighted by Gasteiger charge is 2.29. The summed E-state index contributed by atoms with van der Waals surface area (Å²) in [5.74, 6) is -1.56. The number of hydrogen-bond acceptors (Lipinski definition) is 3. The van der Waals surface area contributed by atoms with E-state index in [-0.39, 0.29) is 35.4 Å². The molecule has 0 aromatic heterocycles. The van der Waals surface area contributed by atoms with Gasteiger partial charge in [0.05, 0.1) is 4.90 Å². The van der Waals surface area contributed by atoms with E-state index < -0.39 is 21.7 Å². The predicted molar refractivity (Wildman–Crippen MR) is 112 cm³/mol. The second-order valence-electron chi connectivity index (χ2n) is 7.99. The van der Waals surface area contributed by atoms with Crippen LogP contribution in [0, 0.1) is 17.6 Å². The van der Waals surface area contributed by atoms with E-state index in [1.54, 1.807) is 17.0 Å². The highest BCUT2D eigenvalue weighted by atomic mass is 32.2. The van der Waals surface area contributed by atoms with Crippen LogP contribution in [0.2, 0.25) is 0 Å². The van der Waals surface area contributed by atoms with Crippen molar-refractivity contribution in [3.05, 3.63) is 59.2 Å². The Bertz CT molecular complexity index is 1050. The Kier molecular flexibility index (Phi) is 6.57. The maximum atomic E-state index is 14.2. The molecule has 0 radical (unpaired) electrons. The number of hydrogen-bond donors (Lipinski definition) is 0. The molecule has 1 amide bonds. The van der Waals surface area contributed by atoms with Crippen LogP contribution in [0.4, 0.5) is 14.5 Å². The van der Waals surface area contributed by atoms with Gasteiger partial charge < -0.3 is 4.90 Å². The zero-order valence-corrected chi connectivity index (χ0v) is 18.2. The van der Waals surface area contributed by atoms with Crippen molar-refractivity contribution >= 4 is 21.6 Å². The van der Waals surface area contributed by atoms with E-state index in [1.165, 1.54) is 23.4 Å². The number of fused-ring (bicyclic) bond motifs is 1. The van der Waals surface area contributed by atoms with Gasteiger partial charge in [0, 0.05) is 43.9 Å². The molecule has 5 nitrogen and oxygen atoms in total. The predicted octanol–water partition coefficient (Wildman–Crippen LogP) is 4.11. The monoisotopic (exact) mass is 436 g/mol. The third-order valence-corrected chi connectivity index (χ3v) is 6.93. The normalized spacial score (nSPS) is 14.3. The van der Waals surface area contributed by atoms with Crippen LogP contribution < -0.4 is 4.90 Å². The molecule has 0 bridgehead atoms. The van der Waals surface area contributed by atoms with Crippen LogP contribution in [0.5, 0.6) is 0 Å². The minimum atomic E-state index is -3.92. The molecule has 0 unspecified atom stereocenters. The van der Waals surface area contributed by atoms with E-state index in [9.17, 15) is 22.0 Å². The first-order valence-corrected chi connectivity index (χ1v) is 11.4. The molecule has 0 N–H and O–H groups in total. The van der Waals surface area contributed by atoms with Crippen molar-refractivity contribution in [2.24, 2.45) is 5.92 Å². The smallest absolute Gasteiger partial charge is 0.243 e. The number of anilines is 1. The van der Waals surface area contributed by atoms with E-state index in [1.807, 2.05) is 13.8 Å². The Balaban J connectivity index is 1.98. The van der Waals surface area contributed by atoms with Crippen LogP contribution in [-0.4, -0.2) is 31.7 Å². The van der Waals surface area contributed by atoms with Crippen LogP contribution in [0.15, 0.2) is 41.3 Å². The molecule has 3 rings (SSSR count). The molecule has 0 aliphatic carbocycles. The highest BCUT2D eigenvalue weighted by molar-refractivity contribution is 7.89. The van der Waals surface area contributed by atoms with Gasteiger partial charge in [0.15, 0.2) is 0 Å². The van der Waals surface area contributed by atoms with Crippen molar-refractivity contribution in [3.8, 4) is 0 Å². The number of nitrogens with zero attached hydrogens (tertiary/aromatic N) is 2. The number of carbonyl (C=O) groups excluding carboxylic acids is 1. The van der Waals surface area contributed by atoms with E-state index in [2.05, 4.69) is 0 Å². The van der Waals surface area contributed by atoms with Crippen LogP contribution in [0.3, 0.4) is 0 Å². The second kappa shape index (κ2) is 8.81. The summed E-state index contributed by atoms with van der Waals surface area (Å²) in [5, 5.41) is 0. The van der Waals surface area contributed by atoms with Gasteiger partial charge in [-0.05, 0) is 48.6 Å². The Morgan fingerprint density at radius 3 is 2.53 bits per heavy atom. The van der Waals surface area contributed by atoms with Crippen LogP contribution in [0.25, 0.3) is 0 Å². The molecule has 2 aromatic rings. The molecule has 30 heavy (non-hydrogen) atoms. The number of benzene rings is 2. The number of rotatable bonds is 6. The number of aryl methyl sites for hydroxylation is 1. The topological polar surface area (TPSA) is 57.7 Å². The fourth-order valence-electron chi connectivity index (χ4n) is 3.70. The third kappa shape index (κ3) is 4.70. The van der Waals surface area contributed by atoms with E-state index >= 15 is 0 Å². The SMILES string of the molecule is CC(=O)N1CCCc2cc(S(=O)(=O)N(Cc3ccc(F)cc3F)CC(C)C)ccc21. The lowest BCUT2D eigenvalue weighted by molar-refractivity contribution is -0.116. The molecule has 8 heteroatoms. The fourth-order valence-corrected chi connectivity index (χ4v) is 5.34. The van der Waals surface area contributed by atoms with Gasteiger partial charge in [-0.1, -0.05) is 19.9 Å². The summed E-state index contributed by atoms with van der Waals surface area (Å²) >= 11 is 0. The van der Waals surface area contributed by atoms with Crippen molar-refractivity contribution in [2.45, 2.75) is 45.1 Å². The largest absolute Gasteiger partial charge is 0.312 e. The quantitative estimate of drug-likeness (QED) is 0.685. The third-order valence-electron chi connectivity index (χ3n) is 5.12. The summed E-state index contributed by atoms with van der Waals surface area (Å²) in [4.78, 5) is 13.6. The summed E-state index contributed by atoms with van der Waals surface area (Å²) in [6.07, 6.45) is 1.44. The summed E-state index contributed by atoms with van der Waals surface area (Å²) in [5.41, 5.74) is 1.64. The summed E-state index contributed by atoms with van der Waals surface area (Å²) in [6.45, 7) is 5.85. The maximum Gasteiger partial charge on any atom is 0.243 e. The summed E-state index contributed by atoms with van der Waals surface area (Å²) in [6, 6.07) is 7.90. The van der Waals surface area contributed by atoms with Crippen molar-refractivity contribution < 1.29 is 22.0 Å². The van der Waals surface area contributed by atoms with Gasteiger partial charge in [0.2, 0.25) is 15.9 Å². The lowest BCUT2D eigenvalue weighted by Gasteiger charge is -2.30. The van der Waals surface area contributed by atoms with Crippen molar-refractivity contribution in [2.75, 3.05) is 18.0 Å². The van der Waals surface area contributed by atoms with Gasteiger partial charge in [0.1, 0.15) is 11.6 Å². The highest BCUT2D eigenvalue weighted by Crippen LogP contribution is 2.31. The molecule has 162 valence electrons. The average molecular weight is 437 g/mol. The molecule has 0 atom stereocenters. The summed E-state index contributed by atoms with van der Waals surface area (Å²) < 4.78 is 55.5. The molecular weight excluding hydrogens is 410 g/mol. The van der Waals surface area contributed by atoms with Crippen LogP contribution in [0.1, 0.15) is 38.3 Å². The summed E-state index contributed by atoms with van der Waals surface area (Å²) in [7, 11) is -3.92. The van der Waals surface area contributed by atoms with Crippen molar-refractivity contribution in [1.29, 1.82) is 0 Å². The minimum absolute atomic E-state index is 0.00844. The molecule has 1 aliphatic rings. The first-order chi connectivity index (χ1) is 14.1. The Morgan fingerprint density at radius 1 is 1.17 bits per heavy atom. The zero-order chi connectivity index (χ0) is 22.1. The average Bonchev–Trinajstić information content (AvgIpc) is 2.68. The number of halogens is 2. The van der Waals surface area contributed by atoms with Gasteiger partial charge in [-0.3, -0.25) is 4.79 Å². The van der Waals surface area contributed by atoms with Gasteiger partial charge in [-0.25, -0.2) is 17.2 Å². The van der Waals surface area contributed by atoms with Crippen molar-refractivity contribution in [3.63, 3.8) is 0 Å². The molecule has 2 aromatic carbocycles. The van der Waals surface area contributed by atoms with E-state index in [0.717, 1.165) is 29.8 Å². The van der Waals surface area contributed by atoms with Crippen LogP contribution in [-0.2, 0) is 27.8 Å². The molecule has 0 saturated heterocycles. The first-order valence-electron chi connectivity index (χ1n) is 9.94. The number of sulfonamides is 1. The minimum Gasteiger partial charge on any atom is -0.312 e. The Morgan fingerprint density at radius 2 is 1.90 bits per heavy atom. The van der Waals surface area contributed by atoms with Gasteiger partial charge >= 0.3 is 0 Å². The molecule has 0 spiro atoms. The molecule has 1 heterocycles. The van der Waals surface area contributed by atoms with Crippen molar-refractivity contribution in [1.82, 2.24) is 4.31 Å². The molecule has 0 saturated carbocycles.